The van der Waals surface area contributed by atoms with Gasteiger partial charge in [0.2, 0.25) is 11.6 Å². The average molecular weight is 853 g/mol. The molecule has 4 heterocycles. The van der Waals surface area contributed by atoms with Crippen molar-refractivity contribution in [3.8, 4) is 73.4 Å². The summed E-state index contributed by atoms with van der Waals surface area (Å²) in [6.45, 7) is 16.2. The Morgan fingerprint density at radius 2 is 1.11 bits per heavy atom. The first-order chi connectivity index (χ1) is 32.2. The predicted molar refractivity (Wildman–Crippen MR) is 271 cm³/mol. The molecule has 0 bridgehead atoms. The second-order valence-electron chi connectivity index (χ2n) is 18.7. The van der Waals surface area contributed by atoms with Crippen molar-refractivity contribution >= 4 is 27.4 Å². The summed E-state index contributed by atoms with van der Waals surface area (Å²) in [5.41, 5.74) is 19.7. The molecule has 0 unspecified atom stereocenters. The van der Waals surface area contributed by atoms with Gasteiger partial charge in [0, 0.05) is 57.9 Å². The number of aromatic nitrogens is 5. The molecule has 7 aromatic carbocycles. The van der Waals surface area contributed by atoms with E-state index in [1.54, 1.807) is 0 Å². The maximum atomic E-state index is 5.27. The number of fused-ring (bicyclic) bond motifs is 9. The third kappa shape index (κ3) is 5.92. The van der Waals surface area contributed by atoms with E-state index < -0.39 is 0 Å². The fourth-order valence-corrected chi connectivity index (χ4v) is 11.2. The largest absolute Gasteiger partial charge is 0.278 e. The molecule has 318 valence electrons. The number of nitrogens with zero attached hydrogens (tertiary/aromatic N) is 5. The molecule has 0 fully saturated rings. The van der Waals surface area contributed by atoms with Crippen LogP contribution in [0.25, 0.3) is 101 Å². The fourth-order valence-electron chi connectivity index (χ4n) is 11.2. The number of aryl methyl sites for hydroxylation is 1. The number of hydrogen-bond acceptors (Lipinski definition) is 3. The zero-order chi connectivity index (χ0) is 44.9. The molecule has 5 nitrogen and oxygen atoms in total. The maximum Gasteiger partial charge on any atom is 0.238 e. The molecule has 0 amide bonds. The summed E-state index contributed by atoms with van der Waals surface area (Å²) in [6.07, 6.45) is 4.25. The predicted octanol–water partition coefficient (Wildman–Crippen LogP) is 14.7. The highest BCUT2D eigenvalue weighted by molar-refractivity contribution is 6.12. The zero-order valence-electron chi connectivity index (χ0n) is 38.1. The summed E-state index contributed by atoms with van der Waals surface area (Å²) < 4.78 is 4.74. The van der Waals surface area contributed by atoms with E-state index >= 15 is 0 Å². The lowest BCUT2D eigenvalue weighted by atomic mass is 9.75. The van der Waals surface area contributed by atoms with Crippen molar-refractivity contribution in [1.82, 2.24) is 19.5 Å². The van der Waals surface area contributed by atoms with Gasteiger partial charge in [0.15, 0.2) is 23.4 Å². The third-order valence-electron chi connectivity index (χ3n) is 14.8. The number of pyridine rings is 1. The van der Waals surface area contributed by atoms with Crippen LogP contribution in [0.4, 0.5) is 0 Å². The zero-order valence-corrected chi connectivity index (χ0v) is 38.1. The lowest BCUT2D eigenvalue weighted by Gasteiger charge is -2.35. The Kier molecular flexibility index (Phi) is 8.98. The smallest absolute Gasteiger partial charge is 0.238 e. The summed E-state index contributed by atoms with van der Waals surface area (Å²) in [5.74, 6) is 1.86. The van der Waals surface area contributed by atoms with Crippen LogP contribution >= 0.6 is 0 Å². The lowest BCUT2D eigenvalue weighted by molar-refractivity contribution is -0.741. The molecule has 66 heavy (non-hydrogen) atoms. The Labute approximate surface area is 386 Å². The first kappa shape index (κ1) is 39.8. The van der Waals surface area contributed by atoms with E-state index in [1.165, 1.54) is 61.3 Å². The first-order valence-electron chi connectivity index (χ1n) is 23.2. The van der Waals surface area contributed by atoms with Crippen LogP contribution in [0, 0.1) is 6.92 Å². The summed E-state index contributed by atoms with van der Waals surface area (Å²) in [7, 11) is 0. The average Bonchev–Trinajstić information content (AvgIpc) is 3.80. The third-order valence-corrected chi connectivity index (χ3v) is 14.8. The van der Waals surface area contributed by atoms with E-state index in [0.29, 0.717) is 17.6 Å². The molecule has 10 aromatic rings. The van der Waals surface area contributed by atoms with Gasteiger partial charge in [-0.25, -0.2) is 4.98 Å². The molecule has 0 saturated carbocycles. The lowest BCUT2D eigenvalue weighted by Crippen LogP contribution is -2.59. The first-order valence-corrected chi connectivity index (χ1v) is 23.2. The molecular weight excluding hydrogens is 803 g/mol. The van der Waals surface area contributed by atoms with Gasteiger partial charge in [-0.2, -0.15) is 14.5 Å². The van der Waals surface area contributed by atoms with Crippen LogP contribution in [0.5, 0.6) is 0 Å². The molecule has 3 aromatic heterocycles. The molecular formula is C61H50N5+. The number of allylic oxidation sites excluding steroid dienone is 1. The van der Waals surface area contributed by atoms with Crippen LogP contribution in [0.15, 0.2) is 183 Å². The standard InChI is InChI=1S/C61H50N5/c1-7-61(8-2)39(4)46-28-26-44(34-49(46)55-32-38(3)30-31-65(55)61)42-22-17-23-43(33-42)45-27-29-54-50(35-45)51-36-48-47-24-15-16-25-52(47)60(5,6)53(48)37-56(51)66(54)59-63-57(40-18-11-9-12-19-40)62-58(64-59)41-20-13-10-14-21-41/h9-37H,4,7-8H2,1-3,5-6H3/q+1. The van der Waals surface area contributed by atoms with Crippen LogP contribution in [0.1, 0.15) is 62.8 Å². The van der Waals surface area contributed by atoms with Crippen molar-refractivity contribution in [2.75, 3.05) is 0 Å². The Hall–Kier alpha value is -7.76. The van der Waals surface area contributed by atoms with E-state index in [2.05, 4.69) is 183 Å². The highest BCUT2D eigenvalue weighted by atomic mass is 15.2. The van der Waals surface area contributed by atoms with Gasteiger partial charge in [-0.05, 0) is 99.0 Å². The molecule has 0 saturated heterocycles. The molecule has 1 aliphatic carbocycles. The monoisotopic (exact) mass is 852 g/mol. The SMILES string of the molecule is C=C1c2ccc(-c3cccc(-c4ccc5c(c4)c4cc6c(cc4n5-c4nc(-c5ccccc5)nc(-c5ccccc5)n4)C(C)(C)c4ccccc4-6)c3)cc2-c2cc(C)cc[n+]2C1(CC)CC. The van der Waals surface area contributed by atoms with Crippen molar-refractivity contribution < 1.29 is 4.57 Å². The normalized spacial score (nSPS) is 14.2. The summed E-state index contributed by atoms with van der Waals surface area (Å²) in [4.78, 5) is 15.6. The van der Waals surface area contributed by atoms with Gasteiger partial charge in [-0.1, -0.05) is 156 Å². The van der Waals surface area contributed by atoms with Gasteiger partial charge in [-0.3, -0.25) is 4.57 Å². The van der Waals surface area contributed by atoms with E-state index in [0.717, 1.165) is 56.9 Å². The Morgan fingerprint density at radius 3 is 1.80 bits per heavy atom. The van der Waals surface area contributed by atoms with Crippen molar-refractivity contribution in [2.45, 2.75) is 58.4 Å². The highest BCUT2D eigenvalue weighted by Crippen LogP contribution is 2.51. The second kappa shape index (κ2) is 14.9. The number of benzene rings is 7. The van der Waals surface area contributed by atoms with Crippen LogP contribution < -0.4 is 4.57 Å². The van der Waals surface area contributed by atoms with E-state index in [4.69, 9.17) is 21.5 Å². The summed E-state index contributed by atoms with van der Waals surface area (Å²) >= 11 is 0. The van der Waals surface area contributed by atoms with Crippen molar-refractivity contribution in [3.05, 3.63) is 205 Å². The minimum atomic E-state index is -0.185. The molecule has 5 heteroatoms. The van der Waals surface area contributed by atoms with E-state index in [1.807, 2.05) is 36.4 Å². The van der Waals surface area contributed by atoms with E-state index in [9.17, 15) is 0 Å². The molecule has 12 rings (SSSR count). The van der Waals surface area contributed by atoms with Crippen molar-refractivity contribution in [2.24, 2.45) is 0 Å². The molecule has 1 aliphatic heterocycles. The molecule has 0 radical (unpaired) electrons. The minimum Gasteiger partial charge on any atom is -0.278 e. The minimum absolute atomic E-state index is 0.142. The summed E-state index contributed by atoms with van der Waals surface area (Å²) in [6, 6.07) is 61.5. The second-order valence-corrected chi connectivity index (χ2v) is 18.7. The van der Waals surface area contributed by atoms with Crippen LogP contribution in [0.3, 0.4) is 0 Å². The highest BCUT2D eigenvalue weighted by Gasteiger charge is 2.46. The van der Waals surface area contributed by atoms with Gasteiger partial charge in [0.25, 0.3) is 0 Å². The van der Waals surface area contributed by atoms with Gasteiger partial charge in [0.1, 0.15) is 0 Å². The van der Waals surface area contributed by atoms with Crippen molar-refractivity contribution in [3.63, 3.8) is 0 Å². The summed E-state index contributed by atoms with van der Waals surface area (Å²) in [5, 5.41) is 2.31. The van der Waals surface area contributed by atoms with Crippen LogP contribution in [-0.4, -0.2) is 19.5 Å². The van der Waals surface area contributed by atoms with E-state index in [-0.39, 0.29) is 11.0 Å². The van der Waals surface area contributed by atoms with Crippen molar-refractivity contribution in [1.29, 1.82) is 0 Å². The molecule has 2 aliphatic rings. The molecule has 0 atom stereocenters. The molecule has 0 N–H and O–H groups in total. The van der Waals surface area contributed by atoms with Gasteiger partial charge >= 0.3 is 0 Å². The number of rotatable bonds is 7. The van der Waals surface area contributed by atoms with Gasteiger partial charge in [-0.15, -0.1) is 0 Å². The Balaban J connectivity index is 1.05. The van der Waals surface area contributed by atoms with Gasteiger partial charge < -0.3 is 0 Å². The number of hydrogen-bond donors (Lipinski definition) is 0. The molecule has 0 spiro atoms. The maximum absolute atomic E-state index is 5.27. The Bertz CT molecular complexity index is 3550. The van der Waals surface area contributed by atoms with Crippen LogP contribution in [-0.2, 0) is 11.0 Å². The van der Waals surface area contributed by atoms with Crippen LogP contribution in [0.2, 0.25) is 0 Å². The fraction of sp³-hybridized carbons (Fsp3) is 0.148. The Morgan fingerprint density at radius 1 is 0.500 bits per heavy atom. The van der Waals surface area contributed by atoms with Gasteiger partial charge in [0.05, 0.1) is 16.6 Å². The topological polar surface area (TPSA) is 47.5 Å². The quantitative estimate of drug-likeness (QED) is 0.150.